The first-order valence-electron chi connectivity index (χ1n) is 5.12. The third-order valence-electron chi connectivity index (χ3n) is 2.82. The van der Waals surface area contributed by atoms with Gasteiger partial charge in [-0.15, -0.1) is 0 Å². The van der Waals surface area contributed by atoms with Crippen LogP contribution in [0.25, 0.3) is 0 Å². The summed E-state index contributed by atoms with van der Waals surface area (Å²) in [6.45, 7) is -0.624. The highest BCUT2D eigenvalue weighted by molar-refractivity contribution is 5.23. The summed E-state index contributed by atoms with van der Waals surface area (Å²) in [6.07, 6.45) is -3.59. The van der Waals surface area contributed by atoms with Gasteiger partial charge in [-0.1, -0.05) is 0 Å². The van der Waals surface area contributed by atoms with Crippen molar-refractivity contribution in [1.82, 2.24) is 9.97 Å². The first-order valence-corrected chi connectivity index (χ1v) is 5.12. The Hall–Kier alpha value is -1.52. The maximum atomic E-state index is 11.6. The molecule has 0 bridgehead atoms. The molecule has 1 aliphatic rings. The maximum absolute atomic E-state index is 11.6. The largest absolute Gasteiger partial charge is 0.394 e. The van der Waals surface area contributed by atoms with E-state index < -0.39 is 41.8 Å². The predicted octanol–water partition coefficient (Wildman–Crippen LogP) is -3.39. The van der Waals surface area contributed by atoms with Crippen molar-refractivity contribution in [3.63, 3.8) is 0 Å². The topological polar surface area (TPSA) is 162 Å². The maximum Gasteiger partial charge on any atom is 0.261 e. The number of nitrogen functional groups attached to an aromatic ring is 1. The minimum Gasteiger partial charge on any atom is -0.394 e. The molecule has 1 saturated heterocycles. The fourth-order valence-electron chi connectivity index (χ4n) is 1.84. The number of nitrogens with zero attached hydrogens (tertiary/aromatic N) is 1. The van der Waals surface area contributed by atoms with Gasteiger partial charge in [0.2, 0.25) is 5.79 Å². The standard InChI is InChI=1S/C9H13N3O6/c10-8-11-1-3(7(16)12-8)9(17)6(15)5(14)4(2-13)18-9/h1,4-6,13-15,17H,2H2,(H3,10,11,12,16)/t4-,5-,6-,9+/m1/s1. The van der Waals surface area contributed by atoms with Gasteiger partial charge >= 0.3 is 0 Å². The summed E-state index contributed by atoms with van der Waals surface area (Å²) >= 11 is 0. The lowest BCUT2D eigenvalue weighted by Gasteiger charge is -2.24. The van der Waals surface area contributed by atoms with Crippen molar-refractivity contribution in [2.45, 2.75) is 24.1 Å². The number of aliphatic hydroxyl groups is 4. The second kappa shape index (κ2) is 4.30. The Morgan fingerprint density at radius 2 is 2.22 bits per heavy atom. The molecule has 100 valence electrons. The van der Waals surface area contributed by atoms with E-state index in [0.717, 1.165) is 6.20 Å². The van der Waals surface area contributed by atoms with Crippen LogP contribution in [0.15, 0.2) is 11.0 Å². The fraction of sp³-hybridized carbons (Fsp3) is 0.556. The van der Waals surface area contributed by atoms with Gasteiger partial charge in [0.05, 0.1) is 12.2 Å². The number of nitrogens with two attached hydrogens (primary N) is 1. The molecule has 0 amide bonds. The van der Waals surface area contributed by atoms with Crippen LogP contribution >= 0.6 is 0 Å². The van der Waals surface area contributed by atoms with E-state index in [1.54, 1.807) is 0 Å². The number of rotatable bonds is 2. The number of hydrogen-bond acceptors (Lipinski definition) is 8. The molecule has 0 saturated carbocycles. The number of hydrogen-bond donors (Lipinski definition) is 6. The van der Waals surface area contributed by atoms with Crippen LogP contribution in [-0.2, 0) is 10.5 Å². The van der Waals surface area contributed by atoms with Crippen LogP contribution in [0.5, 0.6) is 0 Å². The highest BCUT2D eigenvalue weighted by Gasteiger charge is 2.55. The molecule has 1 aliphatic heterocycles. The highest BCUT2D eigenvalue weighted by Crippen LogP contribution is 2.35. The molecule has 18 heavy (non-hydrogen) atoms. The Morgan fingerprint density at radius 3 is 2.72 bits per heavy atom. The average Bonchev–Trinajstić information content (AvgIpc) is 2.54. The Bertz CT molecular complexity index is 505. The van der Waals surface area contributed by atoms with Crippen molar-refractivity contribution >= 4 is 5.95 Å². The quantitative estimate of drug-likeness (QED) is 0.320. The summed E-state index contributed by atoms with van der Waals surface area (Å²) in [5, 5.41) is 38.3. The summed E-state index contributed by atoms with van der Waals surface area (Å²) in [6, 6.07) is 0. The van der Waals surface area contributed by atoms with E-state index in [-0.39, 0.29) is 5.95 Å². The lowest BCUT2D eigenvalue weighted by Crippen LogP contribution is -2.44. The molecule has 0 radical (unpaired) electrons. The molecule has 0 aromatic carbocycles. The van der Waals surface area contributed by atoms with E-state index in [4.69, 9.17) is 15.6 Å². The first kappa shape index (κ1) is 12.9. The van der Waals surface area contributed by atoms with Crippen LogP contribution in [0.3, 0.4) is 0 Å². The summed E-state index contributed by atoms with van der Waals surface area (Å²) < 4.78 is 4.93. The molecule has 7 N–H and O–H groups in total. The molecule has 0 spiro atoms. The molecule has 1 fully saturated rings. The molecular weight excluding hydrogens is 246 g/mol. The number of H-pyrrole nitrogens is 1. The van der Waals surface area contributed by atoms with Gasteiger partial charge in [0.15, 0.2) is 5.95 Å². The van der Waals surface area contributed by atoms with Crippen molar-refractivity contribution < 1.29 is 25.2 Å². The number of ether oxygens (including phenoxy) is 1. The lowest BCUT2D eigenvalue weighted by atomic mass is 10.0. The van der Waals surface area contributed by atoms with Crippen LogP contribution in [0.4, 0.5) is 5.95 Å². The van der Waals surface area contributed by atoms with Crippen LogP contribution in [0.1, 0.15) is 5.56 Å². The van der Waals surface area contributed by atoms with E-state index >= 15 is 0 Å². The molecule has 0 unspecified atom stereocenters. The van der Waals surface area contributed by atoms with E-state index in [2.05, 4.69) is 9.97 Å². The predicted molar refractivity (Wildman–Crippen MR) is 57.1 cm³/mol. The molecule has 2 rings (SSSR count). The number of nitrogens with one attached hydrogen (secondary N) is 1. The van der Waals surface area contributed by atoms with Crippen molar-refractivity contribution in [2.75, 3.05) is 12.3 Å². The molecule has 2 heterocycles. The van der Waals surface area contributed by atoms with Gasteiger partial charge in [0.1, 0.15) is 18.3 Å². The van der Waals surface area contributed by atoms with Crippen LogP contribution < -0.4 is 11.3 Å². The summed E-state index contributed by atoms with van der Waals surface area (Å²) in [4.78, 5) is 17.3. The monoisotopic (exact) mass is 259 g/mol. The molecule has 1 aromatic heterocycles. The Morgan fingerprint density at radius 1 is 1.56 bits per heavy atom. The van der Waals surface area contributed by atoms with E-state index in [9.17, 15) is 20.1 Å². The number of aliphatic hydroxyl groups excluding tert-OH is 3. The van der Waals surface area contributed by atoms with Crippen molar-refractivity contribution in [3.8, 4) is 0 Å². The zero-order valence-electron chi connectivity index (χ0n) is 9.15. The van der Waals surface area contributed by atoms with Gasteiger partial charge in [0, 0.05) is 6.20 Å². The smallest absolute Gasteiger partial charge is 0.261 e. The Kier molecular flexibility index (Phi) is 3.09. The normalized spacial score (nSPS) is 35.9. The molecular formula is C9H13N3O6. The Balaban J connectivity index is 2.46. The molecule has 1 aromatic rings. The zero-order chi connectivity index (χ0) is 13.5. The lowest BCUT2D eigenvalue weighted by molar-refractivity contribution is -0.240. The van der Waals surface area contributed by atoms with E-state index in [1.807, 2.05) is 0 Å². The zero-order valence-corrected chi connectivity index (χ0v) is 9.15. The highest BCUT2D eigenvalue weighted by atomic mass is 16.7. The van der Waals surface area contributed by atoms with Crippen molar-refractivity contribution in [2.24, 2.45) is 0 Å². The van der Waals surface area contributed by atoms with Gasteiger partial charge in [-0.2, -0.15) is 0 Å². The molecule has 9 nitrogen and oxygen atoms in total. The second-order valence-corrected chi connectivity index (χ2v) is 3.98. The third kappa shape index (κ3) is 1.78. The van der Waals surface area contributed by atoms with Crippen LogP contribution in [-0.4, -0.2) is 55.3 Å². The SMILES string of the molecule is Nc1ncc([C@]2(O)O[C@H](CO)[C@@H](O)[C@H]2O)c(=O)[nH]1. The number of aromatic nitrogens is 2. The van der Waals surface area contributed by atoms with E-state index in [1.165, 1.54) is 0 Å². The van der Waals surface area contributed by atoms with E-state index in [0.29, 0.717) is 0 Å². The third-order valence-corrected chi connectivity index (χ3v) is 2.82. The summed E-state index contributed by atoms with van der Waals surface area (Å²) in [5.41, 5.74) is 4.03. The van der Waals surface area contributed by atoms with Crippen LogP contribution in [0, 0.1) is 0 Å². The van der Waals surface area contributed by atoms with Gasteiger partial charge in [-0.25, -0.2) is 4.98 Å². The van der Waals surface area contributed by atoms with Gasteiger partial charge < -0.3 is 30.9 Å². The molecule has 0 aliphatic carbocycles. The van der Waals surface area contributed by atoms with Crippen molar-refractivity contribution in [1.29, 1.82) is 0 Å². The summed E-state index contributed by atoms with van der Waals surface area (Å²) in [7, 11) is 0. The fourth-order valence-corrected chi connectivity index (χ4v) is 1.84. The van der Waals surface area contributed by atoms with Gasteiger partial charge in [-0.3, -0.25) is 9.78 Å². The minimum atomic E-state index is -2.44. The number of anilines is 1. The molecule has 4 atom stereocenters. The van der Waals surface area contributed by atoms with Crippen LogP contribution in [0.2, 0.25) is 0 Å². The summed E-state index contributed by atoms with van der Waals surface area (Å²) in [5.74, 6) is -2.61. The molecule has 9 heteroatoms. The average molecular weight is 259 g/mol. The number of aromatic amines is 1. The van der Waals surface area contributed by atoms with Gasteiger partial charge in [0.25, 0.3) is 5.56 Å². The minimum absolute atomic E-state index is 0.168. The second-order valence-electron chi connectivity index (χ2n) is 3.98. The van der Waals surface area contributed by atoms with Gasteiger partial charge in [-0.05, 0) is 0 Å². The Labute approximate surface area is 100 Å². The first-order chi connectivity index (χ1) is 8.40. The van der Waals surface area contributed by atoms with Crippen molar-refractivity contribution in [3.05, 3.63) is 22.1 Å².